The Bertz CT molecular complexity index is 714. The molecule has 0 spiro atoms. The van der Waals surface area contributed by atoms with E-state index in [0.29, 0.717) is 17.3 Å². The average molecular weight is 401 g/mol. The van der Waals surface area contributed by atoms with E-state index in [0.717, 1.165) is 24.7 Å². The van der Waals surface area contributed by atoms with Crippen LogP contribution in [0.4, 0.5) is 0 Å². The molecule has 0 amide bonds. The molecule has 9 atom stereocenters. The van der Waals surface area contributed by atoms with Crippen molar-refractivity contribution in [3.63, 3.8) is 0 Å². The monoisotopic (exact) mass is 400 g/mol. The smallest absolute Gasteiger partial charge is 0.133 e. The lowest BCUT2D eigenvalue weighted by Gasteiger charge is -2.60. The first-order valence-electron chi connectivity index (χ1n) is 11.4. The summed E-state index contributed by atoms with van der Waals surface area (Å²) in [5.74, 6) is 2.64. The van der Waals surface area contributed by atoms with E-state index in [9.17, 15) is 10.1 Å². The molecule has 4 saturated carbocycles. The minimum Gasteiger partial charge on any atom is -0.392 e. The van der Waals surface area contributed by atoms with Crippen molar-refractivity contribution in [2.45, 2.75) is 78.6 Å². The van der Waals surface area contributed by atoms with Gasteiger partial charge in [-0.2, -0.15) is 5.26 Å². The highest BCUT2D eigenvalue weighted by Gasteiger charge is 2.63. The van der Waals surface area contributed by atoms with Crippen LogP contribution in [-0.4, -0.2) is 10.8 Å². The first-order chi connectivity index (χ1) is 13.2. The molecular formula is C24H36N2OS. The highest BCUT2D eigenvalue weighted by molar-refractivity contribution is 7.80. The Kier molecular flexibility index (Phi) is 5.14. The number of hydrogen-bond acceptors (Lipinski definition) is 3. The first-order valence-corrected chi connectivity index (χ1v) is 11.8. The maximum Gasteiger partial charge on any atom is 0.133 e. The molecule has 28 heavy (non-hydrogen) atoms. The van der Waals surface area contributed by atoms with Crippen molar-refractivity contribution in [3.8, 4) is 6.07 Å². The summed E-state index contributed by atoms with van der Waals surface area (Å²) in [6.45, 7) is 6.66. The topological polar surface area (TPSA) is 66.9 Å². The molecule has 3 nitrogen and oxygen atoms in total. The number of fused-ring (bicyclic) bond motifs is 5. The van der Waals surface area contributed by atoms with Gasteiger partial charge in [-0.25, -0.2) is 0 Å². The van der Waals surface area contributed by atoms with Crippen molar-refractivity contribution in [1.29, 1.82) is 5.26 Å². The Labute approximate surface area is 175 Å². The number of ketones is 1. The zero-order valence-electron chi connectivity index (χ0n) is 17.7. The summed E-state index contributed by atoms with van der Waals surface area (Å²) in [5.41, 5.74) is 6.46. The molecule has 0 unspecified atom stereocenters. The minimum atomic E-state index is -0.466. The lowest BCUT2D eigenvalue weighted by molar-refractivity contribution is -0.134. The molecule has 4 aliphatic rings. The van der Waals surface area contributed by atoms with Gasteiger partial charge in [-0.05, 0) is 92.3 Å². The number of nitriles is 1. The molecule has 0 aromatic heterocycles. The molecule has 4 aliphatic carbocycles. The molecule has 4 rings (SSSR count). The third kappa shape index (κ3) is 2.79. The van der Waals surface area contributed by atoms with E-state index in [4.69, 9.17) is 18.0 Å². The first kappa shape index (κ1) is 20.3. The Balaban J connectivity index is 1.69. The zero-order chi connectivity index (χ0) is 20.3. The summed E-state index contributed by atoms with van der Waals surface area (Å²) in [4.78, 5) is 13.1. The summed E-state index contributed by atoms with van der Waals surface area (Å²) in [7, 11) is 0. The second kappa shape index (κ2) is 7.08. The standard InChI is InChI=1S/C24H36N2OS/c1-14(27)21-17(18(13-25)22(26)28)12-20-16-8-7-15-6-4-5-10-23(15,2)19(16)9-11-24(20,21)3/h15-21H,4-12H2,1-3H3,(H2,26,28)/t15-,16+,17-,18-,19-,20-,21-,23+,24+/m1/s1. The van der Waals surface area contributed by atoms with Crippen LogP contribution in [0.5, 0.6) is 0 Å². The van der Waals surface area contributed by atoms with Crippen molar-refractivity contribution in [1.82, 2.24) is 0 Å². The zero-order valence-corrected chi connectivity index (χ0v) is 18.6. The predicted molar refractivity (Wildman–Crippen MR) is 115 cm³/mol. The molecule has 0 bridgehead atoms. The fourth-order valence-electron chi connectivity index (χ4n) is 8.86. The highest BCUT2D eigenvalue weighted by Crippen LogP contribution is 2.69. The largest absolute Gasteiger partial charge is 0.392 e. The van der Waals surface area contributed by atoms with Crippen LogP contribution in [-0.2, 0) is 4.79 Å². The molecule has 4 fully saturated rings. The normalized spacial score (nSPS) is 48.5. The Morgan fingerprint density at radius 2 is 1.86 bits per heavy atom. The lowest BCUT2D eigenvalue weighted by Crippen LogP contribution is -2.53. The quantitative estimate of drug-likeness (QED) is 0.655. The van der Waals surface area contributed by atoms with Crippen LogP contribution < -0.4 is 5.73 Å². The minimum absolute atomic E-state index is 0.00522. The van der Waals surface area contributed by atoms with Gasteiger partial charge in [0.25, 0.3) is 0 Å². The van der Waals surface area contributed by atoms with Gasteiger partial charge in [-0.3, -0.25) is 4.79 Å². The van der Waals surface area contributed by atoms with E-state index >= 15 is 0 Å². The van der Waals surface area contributed by atoms with E-state index in [-0.39, 0.29) is 28.0 Å². The van der Waals surface area contributed by atoms with Gasteiger partial charge in [-0.15, -0.1) is 0 Å². The number of nitrogens with two attached hydrogens (primary N) is 1. The number of nitrogens with zero attached hydrogens (tertiary/aromatic N) is 1. The number of carbonyl (C=O) groups is 1. The Morgan fingerprint density at radius 3 is 2.50 bits per heavy atom. The second-order valence-corrected chi connectivity index (χ2v) is 11.4. The summed E-state index contributed by atoms with van der Waals surface area (Å²) >= 11 is 5.25. The van der Waals surface area contributed by atoms with Crippen LogP contribution in [0.15, 0.2) is 0 Å². The number of carbonyl (C=O) groups excluding carboxylic acids is 1. The van der Waals surface area contributed by atoms with Crippen LogP contribution in [0.1, 0.15) is 78.6 Å². The van der Waals surface area contributed by atoms with Crippen LogP contribution in [0, 0.1) is 63.6 Å². The van der Waals surface area contributed by atoms with E-state index in [1.807, 2.05) is 0 Å². The molecular weight excluding hydrogens is 364 g/mol. The lowest BCUT2D eigenvalue weighted by atomic mass is 9.45. The molecule has 4 heteroatoms. The third-order valence-corrected chi connectivity index (χ3v) is 10.3. The van der Waals surface area contributed by atoms with Crippen LogP contribution in [0.3, 0.4) is 0 Å². The van der Waals surface area contributed by atoms with E-state index in [1.54, 1.807) is 6.92 Å². The Morgan fingerprint density at radius 1 is 1.11 bits per heavy atom. The molecule has 2 N–H and O–H groups in total. The van der Waals surface area contributed by atoms with E-state index in [2.05, 4.69) is 19.9 Å². The highest BCUT2D eigenvalue weighted by atomic mass is 32.1. The van der Waals surface area contributed by atoms with Crippen molar-refractivity contribution in [2.75, 3.05) is 0 Å². The van der Waals surface area contributed by atoms with E-state index in [1.165, 1.54) is 44.9 Å². The van der Waals surface area contributed by atoms with Gasteiger partial charge in [0.05, 0.1) is 17.0 Å². The summed E-state index contributed by atoms with van der Waals surface area (Å²) in [6.07, 6.45) is 11.6. The van der Waals surface area contributed by atoms with Gasteiger partial charge in [-0.1, -0.05) is 38.9 Å². The fourth-order valence-corrected chi connectivity index (χ4v) is 9.08. The maximum atomic E-state index is 12.8. The van der Waals surface area contributed by atoms with Gasteiger partial charge >= 0.3 is 0 Å². The molecule has 0 aliphatic heterocycles. The molecule has 0 aromatic rings. The van der Waals surface area contributed by atoms with Crippen molar-refractivity contribution < 1.29 is 4.79 Å². The van der Waals surface area contributed by atoms with Crippen molar-refractivity contribution in [3.05, 3.63) is 0 Å². The molecule has 154 valence electrons. The van der Waals surface area contributed by atoms with Crippen molar-refractivity contribution >= 4 is 23.0 Å². The second-order valence-electron chi connectivity index (χ2n) is 10.9. The number of hydrogen-bond donors (Lipinski definition) is 1. The Hall–Kier alpha value is -0.950. The predicted octanol–water partition coefficient (Wildman–Crippen LogP) is 5.28. The van der Waals surface area contributed by atoms with Gasteiger partial charge < -0.3 is 5.73 Å². The van der Waals surface area contributed by atoms with Crippen LogP contribution >= 0.6 is 12.2 Å². The van der Waals surface area contributed by atoms with Gasteiger partial charge in [0.1, 0.15) is 5.78 Å². The maximum absolute atomic E-state index is 12.8. The molecule has 0 radical (unpaired) electrons. The summed E-state index contributed by atoms with van der Waals surface area (Å²) < 4.78 is 0. The summed E-state index contributed by atoms with van der Waals surface area (Å²) in [6, 6.07) is 2.36. The van der Waals surface area contributed by atoms with Gasteiger partial charge in [0, 0.05) is 5.92 Å². The molecule has 0 heterocycles. The third-order valence-electron chi connectivity index (χ3n) is 10.00. The molecule has 0 saturated heterocycles. The SMILES string of the molecule is CC(=O)[C@@H]1[C@@H]([C@@H](C#N)C(N)=S)C[C@@H]2[C@H]3CC[C@H]4CCCC[C@]4(C)[C@@H]3CC[C@@]21C. The van der Waals surface area contributed by atoms with Gasteiger partial charge in [0.2, 0.25) is 0 Å². The summed E-state index contributed by atoms with van der Waals surface area (Å²) in [5, 5.41) is 9.77. The van der Waals surface area contributed by atoms with Crippen LogP contribution in [0.2, 0.25) is 0 Å². The van der Waals surface area contributed by atoms with Crippen LogP contribution in [0.25, 0.3) is 0 Å². The number of Topliss-reactive ketones (excluding diaryl/α,β-unsaturated/α-hetero) is 1. The fraction of sp³-hybridized carbons (Fsp3) is 0.875. The number of thiocarbonyl (C=S) groups is 1. The number of rotatable bonds is 3. The van der Waals surface area contributed by atoms with E-state index < -0.39 is 5.92 Å². The average Bonchev–Trinajstić information content (AvgIpc) is 2.94. The van der Waals surface area contributed by atoms with Crippen molar-refractivity contribution in [2.24, 2.45) is 58.0 Å². The van der Waals surface area contributed by atoms with Gasteiger partial charge in [0.15, 0.2) is 0 Å². The molecule has 0 aromatic carbocycles.